The third kappa shape index (κ3) is 2.51. The van der Waals surface area contributed by atoms with Gasteiger partial charge in [-0.05, 0) is 31.2 Å². The number of rotatable bonds is 3. The van der Waals surface area contributed by atoms with Gasteiger partial charge in [-0.3, -0.25) is 4.79 Å². The van der Waals surface area contributed by atoms with Crippen molar-refractivity contribution in [3.63, 3.8) is 0 Å². The summed E-state index contributed by atoms with van der Waals surface area (Å²) in [4.78, 5) is 14.8. The topological polar surface area (TPSA) is 44.9 Å². The molecule has 3 nitrogen and oxygen atoms in total. The molecular weight excluding hydrogens is 200 g/mol. The average Bonchev–Trinajstić information content (AvgIpc) is 2.78. The average molecular weight is 214 g/mol. The number of carbonyl (C=O) groups excluding carboxylic acids is 1. The van der Waals surface area contributed by atoms with E-state index in [1.807, 2.05) is 49.5 Å². The van der Waals surface area contributed by atoms with Crippen LogP contribution in [0.2, 0.25) is 0 Å². The number of aromatic amines is 1. The molecule has 0 bridgehead atoms. The Morgan fingerprint density at radius 1 is 1.31 bits per heavy atom. The lowest BCUT2D eigenvalue weighted by Gasteiger charge is -2.04. The van der Waals surface area contributed by atoms with Gasteiger partial charge in [0.2, 0.25) is 0 Å². The van der Waals surface area contributed by atoms with Crippen LogP contribution in [0, 0.1) is 6.92 Å². The molecule has 16 heavy (non-hydrogen) atoms. The summed E-state index contributed by atoms with van der Waals surface area (Å²) in [7, 11) is 0. The minimum atomic E-state index is -0.0432. The van der Waals surface area contributed by atoms with E-state index in [1.54, 1.807) is 0 Å². The van der Waals surface area contributed by atoms with Crippen LogP contribution in [0.5, 0.6) is 0 Å². The molecule has 0 fully saturated rings. The number of hydrogen-bond acceptors (Lipinski definition) is 1. The van der Waals surface area contributed by atoms with Gasteiger partial charge in [0.1, 0.15) is 0 Å². The number of carbonyl (C=O) groups is 1. The molecule has 2 N–H and O–H groups in total. The number of aryl methyl sites for hydroxylation is 1. The van der Waals surface area contributed by atoms with Crippen LogP contribution in [0.15, 0.2) is 42.6 Å². The van der Waals surface area contributed by atoms with Gasteiger partial charge in [-0.15, -0.1) is 0 Å². The second-order valence-corrected chi connectivity index (χ2v) is 3.75. The SMILES string of the molecule is Cc1cccc(C(=O)NCc2ccc[nH]2)c1. The van der Waals surface area contributed by atoms with Gasteiger partial charge in [-0.1, -0.05) is 17.7 Å². The second-order valence-electron chi connectivity index (χ2n) is 3.75. The van der Waals surface area contributed by atoms with Crippen LogP contribution in [-0.2, 0) is 6.54 Å². The van der Waals surface area contributed by atoms with E-state index >= 15 is 0 Å². The van der Waals surface area contributed by atoms with E-state index in [0.717, 1.165) is 11.3 Å². The molecule has 82 valence electrons. The van der Waals surface area contributed by atoms with Gasteiger partial charge in [0.25, 0.3) is 5.91 Å². The fourth-order valence-electron chi connectivity index (χ4n) is 1.54. The molecule has 0 radical (unpaired) electrons. The molecule has 0 aliphatic heterocycles. The smallest absolute Gasteiger partial charge is 0.251 e. The van der Waals surface area contributed by atoms with E-state index in [1.165, 1.54) is 0 Å². The predicted octanol–water partition coefficient (Wildman–Crippen LogP) is 2.25. The summed E-state index contributed by atoms with van der Waals surface area (Å²) < 4.78 is 0. The third-order valence-electron chi connectivity index (χ3n) is 2.38. The molecule has 1 aromatic carbocycles. The Morgan fingerprint density at radius 3 is 2.88 bits per heavy atom. The molecule has 1 amide bonds. The molecule has 0 atom stereocenters. The summed E-state index contributed by atoms with van der Waals surface area (Å²) >= 11 is 0. The van der Waals surface area contributed by atoms with Crippen molar-refractivity contribution in [3.05, 3.63) is 59.4 Å². The summed E-state index contributed by atoms with van der Waals surface area (Å²) in [6.45, 7) is 2.50. The van der Waals surface area contributed by atoms with Crippen molar-refractivity contribution in [2.24, 2.45) is 0 Å². The second kappa shape index (κ2) is 4.66. The number of benzene rings is 1. The number of H-pyrrole nitrogens is 1. The Hall–Kier alpha value is -2.03. The lowest BCUT2D eigenvalue weighted by molar-refractivity contribution is 0.0950. The molecule has 1 aromatic heterocycles. The molecule has 0 saturated heterocycles. The molecule has 0 aliphatic rings. The molecular formula is C13H14N2O. The number of hydrogen-bond donors (Lipinski definition) is 2. The van der Waals surface area contributed by atoms with E-state index in [4.69, 9.17) is 0 Å². The molecule has 1 heterocycles. The molecule has 0 aliphatic carbocycles. The highest BCUT2D eigenvalue weighted by molar-refractivity contribution is 5.94. The number of nitrogens with one attached hydrogen (secondary N) is 2. The molecule has 0 spiro atoms. The summed E-state index contributed by atoms with van der Waals surface area (Å²) in [6.07, 6.45) is 1.84. The van der Waals surface area contributed by atoms with Crippen molar-refractivity contribution >= 4 is 5.91 Å². The minimum absolute atomic E-state index is 0.0432. The van der Waals surface area contributed by atoms with Gasteiger partial charge >= 0.3 is 0 Å². The van der Waals surface area contributed by atoms with Crippen LogP contribution in [0.25, 0.3) is 0 Å². The van der Waals surface area contributed by atoms with Crippen LogP contribution >= 0.6 is 0 Å². The van der Waals surface area contributed by atoms with Gasteiger partial charge in [-0.25, -0.2) is 0 Å². The first-order valence-electron chi connectivity index (χ1n) is 5.23. The first kappa shape index (κ1) is 10.5. The first-order chi connectivity index (χ1) is 7.75. The fraction of sp³-hybridized carbons (Fsp3) is 0.154. The summed E-state index contributed by atoms with van der Waals surface area (Å²) in [5, 5.41) is 2.86. The molecule has 2 aromatic rings. The zero-order chi connectivity index (χ0) is 11.4. The van der Waals surface area contributed by atoms with Gasteiger partial charge in [0.05, 0.1) is 6.54 Å². The lowest BCUT2D eigenvalue weighted by atomic mass is 10.1. The standard InChI is InChI=1S/C13H14N2O/c1-10-4-2-5-11(8-10)13(16)15-9-12-6-3-7-14-12/h2-8,14H,9H2,1H3,(H,15,16). The highest BCUT2D eigenvalue weighted by Crippen LogP contribution is 2.04. The lowest BCUT2D eigenvalue weighted by Crippen LogP contribution is -2.22. The highest BCUT2D eigenvalue weighted by atomic mass is 16.1. The third-order valence-corrected chi connectivity index (χ3v) is 2.38. The van der Waals surface area contributed by atoms with Crippen LogP contribution < -0.4 is 5.32 Å². The van der Waals surface area contributed by atoms with E-state index in [9.17, 15) is 4.79 Å². The van der Waals surface area contributed by atoms with E-state index in [0.29, 0.717) is 12.1 Å². The van der Waals surface area contributed by atoms with E-state index in [-0.39, 0.29) is 5.91 Å². The van der Waals surface area contributed by atoms with Gasteiger partial charge in [0, 0.05) is 17.5 Å². The Morgan fingerprint density at radius 2 is 2.19 bits per heavy atom. The molecule has 2 rings (SSSR count). The fourth-order valence-corrected chi connectivity index (χ4v) is 1.54. The largest absolute Gasteiger partial charge is 0.364 e. The van der Waals surface area contributed by atoms with Crippen LogP contribution in [0.4, 0.5) is 0 Å². The van der Waals surface area contributed by atoms with E-state index in [2.05, 4.69) is 10.3 Å². The van der Waals surface area contributed by atoms with Crippen LogP contribution in [0.3, 0.4) is 0 Å². The van der Waals surface area contributed by atoms with Crippen LogP contribution in [-0.4, -0.2) is 10.9 Å². The van der Waals surface area contributed by atoms with Crippen molar-refractivity contribution < 1.29 is 4.79 Å². The summed E-state index contributed by atoms with van der Waals surface area (Å²) in [5.41, 5.74) is 2.79. The zero-order valence-electron chi connectivity index (χ0n) is 9.16. The van der Waals surface area contributed by atoms with Crippen LogP contribution in [0.1, 0.15) is 21.6 Å². The Kier molecular flexibility index (Phi) is 3.05. The van der Waals surface area contributed by atoms with Crippen molar-refractivity contribution in [2.45, 2.75) is 13.5 Å². The van der Waals surface area contributed by atoms with Gasteiger partial charge in [0.15, 0.2) is 0 Å². The maximum absolute atomic E-state index is 11.8. The Balaban J connectivity index is 1.98. The summed E-state index contributed by atoms with van der Waals surface area (Å²) in [6, 6.07) is 11.4. The number of amides is 1. The Labute approximate surface area is 94.5 Å². The maximum Gasteiger partial charge on any atom is 0.251 e. The van der Waals surface area contributed by atoms with Crippen molar-refractivity contribution in [3.8, 4) is 0 Å². The molecule has 0 saturated carbocycles. The summed E-state index contributed by atoms with van der Waals surface area (Å²) in [5.74, 6) is -0.0432. The normalized spacial score (nSPS) is 10.1. The zero-order valence-corrected chi connectivity index (χ0v) is 9.16. The quantitative estimate of drug-likeness (QED) is 0.808. The van der Waals surface area contributed by atoms with E-state index < -0.39 is 0 Å². The molecule has 0 unspecified atom stereocenters. The van der Waals surface area contributed by atoms with Gasteiger partial charge in [-0.2, -0.15) is 0 Å². The first-order valence-corrected chi connectivity index (χ1v) is 5.23. The van der Waals surface area contributed by atoms with Gasteiger partial charge < -0.3 is 10.3 Å². The number of aromatic nitrogens is 1. The predicted molar refractivity (Wildman–Crippen MR) is 63.1 cm³/mol. The Bertz CT molecular complexity index is 474. The minimum Gasteiger partial charge on any atom is -0.364 e. The van der Waals surface area contributed by atoms with Crippen molar-refractivity contribution in [1.82, 2.24) is 10.3 Å². The molecule has 3 heteroatoms. The highest BCUT2D eigenvalue weighted by Gasteiger charge is 2.04. The van der Waals surface area contributed by atoms with Crippen molar-refractivity contribution in [2.75, 3.05) is 0 Å². The van der Waals surface area contributed by atoms with Crippen molar-refractivity contribution in [1.29, 1.82) is 0 Å². The maximum atomic E-state index is 11.8. The monoisotopic (exact) mass is 214 g/mol.